The maximum atomic E-state index is 12.1. The molecule has 92 valence electrons. The largest absolute Gasteiger partial charge is 0.462 e. The smallest absolute Gasteiger partial charge is 0.246 e. The van der Waals surface area contributed by atoms with Gasteiger partial charge in [-0.25, -0.2) is 12.7 Å². The van der Waals surface area contributed by atoms with Crippen molar-refractivity contribution in [2.75, 3.05) is 13.6 Å². The van der Waals surface area contributed by atoms with Gasteiger partial charge in [-0.05, 0) is 13.3 Å². The van der Waals surface area contributed by atoms with Gasteiger partial charge in [-0.15, -0.1) is 0 Å². The van der Waals surface area contributed by atoms with E-state index in [1.165, 1.54) is 17.4 Å². The zero-order valence-electron chi connectivity index (χ0n) is 9.73. The molecule has 0 amide bonds. The number of aliphatic hydroxyl groups excluding tert-OH is 1. The first-order valence-corrected chi connectivity index (χ1v) is 6.54. The van der Waals surface area contributed by atoms with Gasteiger partial charge in [0.25, 0.3) is 0 Å². The minimum atomic E-state index is -3.49. The van der Waals surface area contributed by atoms with E-state index < -0.39 is 10.0 Å². The summed E-state index contributed by atoms with van der Waals surface area (Å²) < 4.78 is 30.5. The Morgan fingerprint density at radius 2 is 2.12 bits per heavy atom. The lowest BCUT2D eigenvalue weighted by Crippen LogP contribution is -2.27. The summed E-state index contributed by atoms with van der Waals surface area (Å²) in [7, 11) is -1.96. The highest BCUT2D eigenvalue weighted by atomic mass is 32.2. The summed E-state index contributed by atoms with van der Waals surface area (Å²) in [5.74, 6) is 0.577. The number of rotatable bonds is 5. The minimum Gasteiger partial charge on any atom is -0.462 e. The number of nitrogens with zero attached hydrogens (tertiary/aromatic N) is 1. The molecule has 1 rings (SSSR count). The topological polar surface area (TPSA) is 70.8 Å². The zero-order valence-corrected chi connectivity index (χ0v) is 10.5. The second kappa shape index (κ2) is 4.99. The third kappa shape index (κ3) is 2.45. The predicted molar refractivity (Wildman–Crippen MR) is 59.5 cm³/mol. The van der Waals surface area contributed by atoms with Crippen LogP contribution in [0.25, 0.3) is 0 Å². The van der Waals surface area contributed by atoms with Gasteiger partial charge in [-0.2, -0.15) is 0 Å². The van der Waals surface area contributed by atoms with Crippen LogP contribution < -0.4 is 0 Å². The first kappa shape index (κ1) is 13.2. The average molecular weight is 247 g/mol. The molecule has 0 aromatic carbocycles. The Morgan fingerprint density at radius 1 is 1.50 bits per heavy atom. The summed E-state index contributed by atoms with van der Waals surface area (Å²) >= 11 is 0. The van der Waals surface area contributed by atoms with E-state index in [0.717, 1.165) is 6.42 Å². The average Bonchev–Trinajstić information content (AvgIpc) is 2.60. The summed E-state index contributed by atoms with van der Waals surface area (Å²) in [6.07, 6.45) is 0.749. The fourth-order valence-electron chi connectivity index (χ4n) is 1.46. The van der Waals surface area contributed by atoms with Crippen molar-refractivity contribution in [2.45, 2.75) is 31.8 Å². The van der Waals surface area contributed by atoms with Gasteiger partial charge in [0.15, 0.2) is 0 Å². The molecule has 0 atom stereocenters. The molecule has 0 aliphatic rings. The lowest BCUT2D eigenvalue weighted by atomic mass is 10.4. The quantitative estimate of drug-likeness (QED) is 0.846. The molecule has 0 aliphatic carbocycles. The summed E-state index contributed by atoms with van der Waals surface area (Å²) in [5.41, 5.74) is 0. The minimum absolute atomic E-state index is 0.132. The molecule has 6 heteroatoms. The molecule has 0 saturated heterocycles. The second-order valence-electron chi connectivity index (χ2n) is 3.62. The summed E-state index contributed by atoms with van der Waals surface area (Å²) in [5, 5.41) is 8.88. The van der Waals surface area contributed by atoms with E-state index in [1.807, 2.05) is 6.92 Å². The molecule has 0 unspecified atom stereocenters. The molecular formula is C10H17NO4S. The van der Waals surface area contributed by atoms with Gasteiger partial charge in [0, 0.05) is 19.7 Å². The number of sulfonamides is 1. The lowest BCUT2D eigenvalue weighted by Gasteiger charge is -2.15. The van der Waals surface area contributed by atoms with Gasteiger partial charge in [-0.3, -0.25) is 0 Å². The molecular weight excluding hydrogens is 230 g/mol. The van der Waals surface area contributed by atoms with Gasteiger partial charge >= 0.3 is 0 Å². The van der Waals surface area contributed by atoms with Crippen molar-refractivity contribution in [3.63, 3.8) is 0 Å². The predicted octanol–water partition coefficient (Wildman–Crippen LogP) is 1.11. The van der Waals surface area contributed by atoms with Crippen molar-refractivity contribution in [1.29, 1.82) is 0 Å². The summed E-state index contributed by atoms with van der Waals surface area (Å²) in [6.45, 7) is 3.65. The Bertz CT molecular complexity index is 449. The number of aryl methyl sites for hydroxylation is 1. The monoisotopic (exact) mass is 247 g/mol. The molecule has 5 nitrogen and oxygen atoms in total. The normalized spacial score (nSPS) is 12.3. The van der Waals surface area contributed by atoms with Crippen LogP contribution in [0.4, 0.5) is 0 Å². The molecule has 0 aliphatic heterocycles. The van der Waals surface area contributed by atoms with Crippen LogP contribution in [0.15, 0.2) is 15.4 Å². The molecule has 1 aromatic heterocycles. The molecule has 0 bridgehead atoms. The van der Waals surface area contributed by atoms with Crippen LogP contribution >= 0.6 is 0 Å². The van der Waals surface area contributed by atoms with E-state index in [4.69, 9.17) is 9.52 Å². The lowest BCUT2D eigenvalue weighted by molar-refractivity contribution is 0.244. The molecule has 0 fully saturated rings. The van der Waals surface area contributed by atoms with Gasteiger partial charge in [0.05, 0.1) is 0 Å². The maximum absolute atomic E-state index is 12.1. The SMILES string of the molecule is CCCN(C)S(=O)(=O)c1cc(CO)oc1C. The molecule has 0 radical (unpaired) electrons. The van der Waals surface area contributed by atoms with Gasteiger partial charge < -0.3 is 9.52 Å². The number of hydrogen-bond acceptors (Lipinski definition) is 4. The summed E-state index contributed by atoms with van der Waals surface area (Å²) in [4.78, 5) is 0.132. The number of hydrogen-bond donors (Lipinski definition) is 1. The first-order chi connectivity index (χ1) is 7.43. The molecule has 16 heavy (non-hydrogen) atoms. The maximum Gasteiger partial charge on any atom is 0.246 e. The van der Waals surface area contributed by atoms with Crippen molar-refractivity contribution in [2.24, 2.45) is 0 Å². The Hall–Kier alpha value is -0.850. The highest BCUT2D eigenvalue weighted by Gasteiger charge is 2.25. The second-order valence-corrected chi connectivity index (χ2v) is 5.63. The van der Waals surface area contributed by atoms with Gasteiger partial charge in [0.1, 0.15) is 23.0 Å². The Morgan fingerprint density at radius 3 is 2.56 bits per heavy atom. The van der Waals surface area contributed by atoms with Crippen LogP contribution in [0, 0.1) is 6.92 Å². The van der Waals surface area contributed by atoms with Crippen molar-refractivity contribution in [1.82, 2.24) is 4.31 Å². The highest BCUT2D eigenvalue weighted by Crippen LogP contribution is 2.22. The van der Waals surface area contributed by atoms with Crippen LogP contribution in [0.5, 0.6) is 0 Å². The Kier molecular flexibility index (Phi) is 4.12. The standard InChI is InChI=1S/C10H17NO4S/c1-4-5-11(3)16(13,14)10-6-9(7-12)15-8(10)2/h6,12H,4-5,7H2,1-3H3. The van der Waals surface area contributed by atoms with Crippen molar-refractivity contribution in [3.05, 3.63) is 17.6 Å². The third-order valence-electron chi connectivity index (χ3n) is 2.31. The van der Waals surface area contributed by atoms with Crippen LogP contribution in [0.3, 0.4) is 0 Å². The van der Waals surface area contributed by atoms with Gasteiger partial charge in [-0.1, -0.05) is 6.92 Å². The van der Waals surface area contributed by atoms with E-state index >= 15 is 0 Å². The molecule has 0 spiro atoms. The summed E-state index contributed by atoms with van der Waals surface area (Å²) in [6, 6.07) is 1.37. The fraction of sp³-hybridized carbons (Fsp3) is 0.600. The van der Waals surface area contributed by atoms with Crippen LogP contribution in [-0.4, -0.2) is 31.4 Å². The number of furan rings is 1. The fourth-order valence-corrected chi connectivity index (χ4v) is 2.91. The van der Waals surface area contributed by atoms with E-state index in [9.17, 15) is 8.42 Å². The zero-order chi connectivity index (χ0) is 12.3. The van der Waals surface area contributed by atoms with Crippen LogP contribution in [0.1, 0.15) is 24.9 Å². The van der Waals surface area contributed by atoms with E-state index in [-0.39, 0.29) is 17.3 Å². The molecule has 0 saturated carbocycles. The van der Waals surface area contributed by atoms with Crippen LogP contribution in [-0.2, 0) is 16.6 Å². The van der Waals surface area contributed by atoms with Gasteiger partial charge in [0.2, 0.25) is 10.0 Å². The van der Waals surface area contributed by atoms with E-state index in [2.05, 4.69) is 0 Å². The molecule has 1 aromatic rings. The van der Waals surface area contributed by atoms with Crippen molar-refractivity contribution >= 4 is 10.0 Å². The Labute approximate surface area is 95.7 Å². The molecule has 1 N–H and O–H groups in total. The first-order valence-electron chi connectivity index (χ1n) is 5.10. The molecule has 1 heterocycles. The highest BCUT2D eigenvalue weighted by molar-refractivity contribution is 7.89. The number of aliphatic hydroxyl groups is 1. The van der Waals surface area contributed by atoms with E-state index in [1.54, 1.807) is 6.92 Å². The van der Waals surface area contributed by atoms with Crippen molar-refractivity contribution < 1.29 is 17.9 Å². The Balaban J connectivity index is 3.11. The van der Waals surface area contributed by atoms with Crippen molar-refractivity contribution in [3.8, 4) is 0 Å². The van der Waals surface area contributed by atoms with Crippen LogP contribution in [0.2, 0.25) is 0 Å². The third-order valence-corrected chi connectivity index (χ3v) is 4.27. The van der Waals surface area contributed by atoms with E-state index in [0.29, 0.717) is 12.3 Å².